The number of fused-ring (bicyclic) bond motifs is 2. The van der Waals surface area contributed by atoms with Gasteiger partial charge in [0.1, 0.15) is 11.2 Å². The normalized spacial score (nSPS) is 23.7. The van der Waals surface area contributed by atoms with Gasteiger partial charge in [0.15, 0.2) is 6.20 Å². The molecule has 0 radical (unpaired) electrons. The molecule has 2 fully saturated rings. The number of hydrogen-bond donors (Lipinski definition) is 3. The number of nitrogens with zero attached hydrogens (tertiary/aromatic N) is 3. The molecule has 3 aliphatic rings. The van der Waals surface area contributed by atoms with Gasteiger partial charge in [-0.1, -0.05) is 6.42 Å². The predicted octanol–water partition coefficient (Wildman–Crippen LogP) is 4.79. The molecule has 1 aliphatic heterocycles. The largest absolute Gasteiger partial charge is 0.349 e. The smallest absolute Gasteiger partial charge is 0.268 e. The molecule has 4 N–H and O–H groups in total. The van der Waals surface area contributed by atoms with Gasteiger partial charge in [0.05, 0.1) is 11.4 Å². The number of amides is 2. The first-order valence-electron chi connectivity index (χ1n) is 12.6. The summed E-state index contributed by atoms with van der Waals surface area (Å²) in [7, 11) is -10.7. The van der Waals surface area contributed by atoms with Gasteiger partial charge in [-0.25, -0.2) is 4.98 Å². The second kappa shape index (κ2) is 8.90. The Kier molecular flexibility index (Phi) is 6.24. The topological polar surface area (TPSA) is 121 Å². The molecule has 2 aliphatic carbocycles. The number of halogens is 6. The van der Waals surface area contributed by atoms with Gasteiger partial charge in [-0.15, -0.1) is 0 Å². The molecule has 0 aromatic carbocycles. The van der Waals surface area contributed by atoms with Gasteiger partial charge in [-0.2, -0.15) is 15.4 Å². The van der Waals surface area contributed by atoms with E-state index >= 15 is 0 Å². The maximum Gasteiger partial charge on any atom is 0.268 e. The fraction of sp³-hybridized carbons (Fsp3) is 0.522. The van der Waals surface area contributed by atoms with Crippen LogP contribution in [0, 0.1) is 11.3 Å². The van der Waals surface area contributed by atoms with Crippen LogP contribution in [-0.2, 0) is 17.6 Å². The Balaban J connectivity index is 0.000000392. The van der Waals surface area contributed by atoms with Crippen LogP contribution in [0.1, 0.15) is 54.0 Å². The van der Waals surface area contributed by atoms with E-state index in [4.69, 9.17) is 0 Å². The second-order valence-electron chi connectivity index (χ2n) is 10.7. The van der Waals surface area contributed by atoms with E-state index in [1.54, 1.807) is 0 Å². The SMILES string of the molecule is F[P-](F)(F)(F)(F)F.O=C(NCC1CC2(CCC2)CN1C(=O)C1CCc2n[nH]nc2C1)c1cc2[nH+]cccc2[nH]1. The van der Waals surface area contributed by atoms with Crippen molar-refractivity contribution in [3.63, 3.8) is 0 Å². The number of rotatable bonds is 4. The Morgan fingerprint density at radius 3 is 2.54 bits per heavy atom. The van der Waals surface area contributed by atoms with Gasteiger partial charge < -0.3 is 15.2 Å². The molecule has 6 rings (SSSR count). The first-order chi connectivity index (χ1) is 18.1. The zero-order valence-corrected chi connectivity index (χ0v) is 21.6. The number of likely N-dealkylation sites (tertiary alicyclic amines) is 1. The van der Waals surface area contributed by atoms with Crippen molar-refractivity contribution in [2.24, 2.45) is 11.3 Å². The molecule has 2 atom stereocenters. The number of hydrogen-bond acceptors (Lipinski definition) is 4. The third-order valence-electron chi connectivity index (χ3n) is 7.72. The Labute approximate surface area is 218 Å². The molecule has 3 aromatic rings. The molecule has 4 heterocycles. The van der Waals surface area contributed by atoms with Crippen LogP contribution in [0.15, 0.2) is 24.4 Å². The molecule has 2 unspecified atom stereocenters. The number of H-pyrrole nitrogens is 3. The Hall–Kier alpha value is -3.22. The average Bonchev–Trinajstić information content (AvgIpc) is 3.55. The second-order valence-corrected chi connectivity index (χ2v) is 12.6. The molecular weight excluding hydrogens is 551 g/mol. The number of pyridine rings is 1. The van der Waals surface area contributed by atoms with Crippen molar-refractivity contribution in [1.29, 1.82) is 0 Å². The third-order valence-corrected chi connectivity index (χ3v) is 7.72. The standard InChI is InChI=1S/C23H27N7O2.F6P/c31-21(20-10-18-16(26-20)3-1-8-24-18)25-12-15-11-23(6-2-7-23)13-30(15)22(32)14-4-5-17-19(9-14)28-29-27-17;1-7(2,3,4,5)6/h1,3,8,10,14-15,26H,2,4-7,9,11-13H2,(H,25,31)(H,27,28,29);/q;-1/p+1. The van der Waals surface area contributed by atoms with Crippen LogP contribution < -0.4 is 10.3 Å². The van der Waals surface area contributed by atoms with Crippen molar-refractivity contribution in [1.82, 2.24) is 30.6 Å². The van der Waals surface area contributed by atoms with Gasteiger partial charge in [-0.05, 0) is 43.6 Å². The van der Waals surface area contributed by atoms with Crippen molar-refractivity contribution >= 4 is 30.7 Å². The van der Waals surface area contributed by atoms with Crippen molar-refractivity contribution < 1.29 is 39.8 Å². The zero-order chi connectivity index (χ0) is 28.1. The van der Waals surface area contributed by atoms with Crippen molar-refractivity contribution in [2.45, 2.75) is 51.0 Å². The van der Waals surface area contributed by atoms with E-state index in [-0.39, 0.29) is 29.2 Å². The molecule has 16 heteroatoms. The fourth-order valence-electron chi connectivity index (χ4n) is 5.81. The van der Waals surface area contributed by atoms with Crippen molar-refractivity contribution in [3.05, 3.63) is 41.5 Å². The minimum atomic E-state index is -10.7. The number of carbonyl (C=O) groups is 2. The minimum Gasteiger partial charge on any atom is -0.349 e. The maximum absolute atomic E-state index is 13.5. The first kappa shape index (κ1) is 27.4. The van der Waals surface area contributed by atoms with Crippen LogP contribution >= 0.6 is 7.81 Å². The van der Waals surface area contributed by atoms with Crippen LogP contribution in [0.5, 0.6) is 0 Å². The quantitative estimate of drug-likeness (QED) is 0.304. The third kappa shape index (κ3) is 6.87. The monoisotopic (exact) mass is 579 g/mol. The van der Waals surface area contributed by atoms with E-state index in [0.717, 1.165) is 48.2 Å². The molecule has 0 bridgehead atoms. The summed E-state index contributed by atoms with van der Waals surface area (Å²) >= 11 is 0. The summed E-state index contributed by atoms with van der Waals surface area (Å²) < 4.78 is 59.2. The summed E-state index contributed by atoms with van der Waals surface area (Å²) in [6.45, 7) is 1.29. The van der Waals surface area contributed by atoms with E-state index in [1.807, 2.05) is 24.4 Å². The molecule has 2 amide bonds. The van der Waals surface area contributed by atoms with E-state index < -0.39 is 7.81 Å². The molecule has 39 heavy (non-hydrogen) atoms. The molecule has 3 aromatic heterocycles. The molecule has 214 valence electrons. The fourth-order valence-corrected chi connectivity index (χ4v) is 5.81. The summed E-state index contributed by atoms with van der Waals surface area (Å²) in [6.07, 6.45) is 8.66. The number of aryl methyl sites for hydroxylation is 1. The maximum atomic E-state index is 13.5. The summed E-state index contributed by atoms with van der Waals surface area (Å²) in [5.41, 5.74) is 4.48. The summed E-state index contributed by atoms with van der Waals surface area (Å²) in [5.74, 6) is 0.0219. The van der Waals surface area contributed by atoms with Crippen LogP contribution in [0.3, 0.4) is 0 Å². The van der Waals surface area contributed by atoms with E-state index in [0.29, 0.717) is 18.7 Å². The van der Waals surface area contributed by atoms with E-state index in [2.05, 4.69) is 35.6 Å². The minimum absolute atomic E-state index is 0.0430. The summed E-state index contributed by atoms with van der Waals surface area (Å²) in [6, 6.07) is 5.70. The van der Waals surface area contributed by atoms with Gasteiger partial charge in [0.25, 0.3) is 5.91 Å². The molecule has 9 nitrogen and oxygen atoms in total. The predicted molar refractivity (Wildman–Crippen MR) is 129 cm³/mol. The average molecular weight is 579 g/mol. The van der Waals surface area contributed by atoms with Gasteiger partial charge in [0, 0.05) is 43.6 Å². The van der Waals surface area contributed by atoms with Gasteiger partial charge in [-0.3, -0.25) is 9.59 Å². The van der Waals surface area contributed by atoms with Crippen molar-refractivity contribution in [3.8, 4) is 0 Å². The molecule has 1 spiro atoms. The molecular formula is C23H28F6N7O2P. The Morgan fingerprint density at radius 1 is 1.15 bits per heavy atom. The van der Waals surface area contributed by atoms with E-state index in [1.165, 1.54) is 19.3 Å². The van der Waals surface area contributed by atoms with Crippen LogP contribution in [0.4, 0.5) is 25.2 Å². The Morgan fingerprint density at radius 2 is 1.87 bits per heavy atom. The van der Waals surface area contributed by atoms with Crippen LogP contribution in [0.2, 0.25) is 0 Å². The number of aromatic nitrogens is 5. The first-order valence-corrected chi connectivity index (χ1v) is 14.6. The van der Waals surface area contributed by atoms with Crippen LogP contribution in [-0.4, -0.2) is 56.2 Å². The number of carbonyl (C=O) groups excluding carboxylic acids is 2. The van der Waals surface area contributed by atoms with E-state index in [9.17, 15) is 34.8 Å². The van der Waals surface area contributed by atoms with Crippen molar-refractivity contribution in [2.75, 3.05) is 13.1 Å². The number of nitrogens with one attached hydrogen (secondary N) is 4. The number of aromatic amines is 3. The molecule has 1 saturated carbocycles. The summed E-state index contributed by atoms with van der Waals surface area (Å²) in [4.78, 5) is 34.7. The van der Waals surface area contributed by atoms with Gasteiger partial charge >= 0.3 is 33.0 Å². The Bertz CT molecular complexity index is 1360. The van der Waals surface area contributed by atoms with Crippen LogP contribution in [0.25, 0.3) is 11.0 Å². The summed E-state index contributed by atoms with van der Waals surface area (Å²) in [5, 5.41) is 14.2. The zero-order valence-electron chi connectivity index (χ0n) is 20.7. The van der Waals surface area contributed by atoms with Gasteiger partial charge in [0.2, 0.25) is 11.4 Å². The molecule has 1 saturated heterocycles.